The van der Waals surface area contributed by atoms with Crippen molar-refractivity contribution in [3.05, 3.63) is 96.6 Å². The van der Waals surface area contributed by atoms with Crippen molar-refractivity contribution in [2.75, 3.05) is 35.5 Å². The van der Waals surface area contributed by atoms with Gasteiger partial charge in [0.25, 0.3) is 15.9 Å². The summed E-state index contributed by atoms with van der Waals surface area (Å²) in [5, 5.41) is 4.42. The van der Waals surface area contributed by atoms with E-state index in [1.54, 1.807) is 12.1 Å². The van der Waals surface area contributed by atoms with Crippen LogP contribution in [0.3, 0.4) is 0 Å². The molecule has 0 saturated heterocycles. The first kappa shape index (κ1) is 26.1. The van der Waals surface area contributed by atoms with Gasteiger partial charge in [-0.15, -0.1) is 0 Å². The van der Waals surface area contributed by atoms with Crippen LogP contribution >= 0.6 is 0 Å². The van der Waals surface area contributed by atoms with Crippen LogP contribution in [0.25, 0.3) is 10.8 Å². The second-order valence-electron chi connectivity index (χ2n) is 8.42. The first-order chi connectivity index (χ1) is 17.5. The van der Waals surface area contributed by atoms with Crippen molar-refractivity contribution in [1.82, 2.24) is 4.31 Å². The lowest BCUT2D eigenvalue weighted by Gasteiger charge is -2.23. The predicted octanol–water partition coefficient (Wildman–Crippen LogP) is 4.14. The second-order valence-corrected chi connectivity index (χ2v) is 12.3. The quantitative estimate of drug-likeness (QED) is 0.350. The summed E-state index contributed by atoms with van der Waals surface area (Å²) in [7, 11) is -3.21. The SMILES string of the molecule is CN(C)S(=O)(=O)N(C)c1ccc(C(=O)Nc2ccc(S(=O)(=O)Nc3cccc4ccccc34)cc2)cc1. The average molecular weight is 539 g/mol. The number of benzene rings is 4. The second kappa shape index (κ2) is 10.2. The fourth-order valence-corrected chi connectivity index (χ4v) is 5.60. The molecule has 0 aliphatic carbocycles. The highest BCUT2D eigenvalue weighted by atomic mass is 32.2. The molecule has 0 aliphatic rings. The highest BCUT2D eigenvalue weighted by molar-refractivity contribution is 7.92. The molecular weight excluding hydrogens is 512 g/mol. The molecule has 4 aromatic rings. The van der Waals surface area contributed by atoms with Crippen LogP contribution in [-0.4, -0.2) is 48.2 Å². The molecule has 0 aromatic heterocycles. The van der Waals surface area contributed by atoms with E-state index in [0.717, 1.165) is 19.4 Å². The lowest BCUT2D eigenvalue weighted by atomic mass is 10.1. The van der Waals surface area contributed by atoms with E-state index >= 15 is 0 Å². The zero-order valence-electron chi connectivity index (χ0n) is 20.4. The summed E-state index contributed by atoms with van der Waals surface area (Å²) in [4.78, 5) is 12.7. The number of nitrogens with one attached hydrogen (secondary N) is 2. The van der Waals surface area contributed by atoms with Gasteiger partial charge in [-0.3, -0.25) is 13.8 Å². The number of fused-ring (bicyclic) bond motifs is 1. The predicted molar refractivity (Wildman–Crippen MR) is 147 cm³/mol. The first-order valence-electron chi connectivity index (χ1n) is 11.2. The van der Waals surface area contributed by atoms with Gasteiger partial charge in [-0.1, -0.05) is 36.4 Å². The van der Waals surface area contributed by atoms with Crippen molar-refractivity contribution in [3.8, 4) is 0 Å². The maximum atomic E-state index is 13.0. The van der Waals surface area contributed by atoms with Gasteiger partial charge in [0.2, 0.25) is 0 Å². The Balaban J connectivity index is 1.46. The molecule has 11 heteroatoms. The van der Waals surface area contributed by atoms with E-state index in [0.29, 0.717) is 22.6 Å². The standard InChI is InChI=1S/C26H26N4O5S2/c1-29(2)37(34,35)30(3)22-15-11-20(12-16-22)26(31)27-21-13-17-23(18-14-21)36(32,33)28-25-10-6-8-19-7-4-5-9-24(19)25/h4-18,28H,1-3H3,(H,27,31). The molecule has 192 valence electrons. The minimum Gasteiger partial charge on any atom is -0.322 e. The fraction of sp³-hybridized carbons (Fsp3) is 0.115. The van der Waals surface area contributed by atoms with Gasteiger partial charge in [0.15, 0.2) is 0 Å². The number of rotatable bonds is 8. The zero-order valence-corrected chi connectivity index (χ0v) is 22.0. The van der Waals surface area contributed by atoms with E-state index in [-0.39, 0.29) is 4.90 Å². The topological polar surface area (TPSA) is 116 Å². The van der Waals surface area contributed by atoms with Crippen molar-refractivity contribution in [3.63, 3.8) is 0 Å². The van der Waals surface area contributed by atoms with Crippen molar-refractivity contribution >= 4 is 54.0 Å². The molecule has 1 amide bonds. The van der Waals surface area contributed by atoms with Crippen LogP contribution in [0.4, 0.5) is 17.1 Å². The first-order valence-corrected chi connectivity index (χ1v) is 14.1. The van der Waals surface area contributed by atoms with Crippen molar-refractivity contribution in [1.29, 1.82) is 0 Å². The Kier molecular flexibility index (Phi) is 7.21. The third-order valence-electron chi connectivity index (χ3n) is 5.76. The van der Waals surface area contributed by atoms with E-state index in [9.17, 15) is 21.6 Å². The van der Waals surface area contributed by atoms with E-state index in [1.807, 2.05) is 30.3 Å². The minimum absolute atomic E-state index is 0.0490. The third kappa shape index (κ3) is 5.58. The van der Waals surface area contributed by atoms with E-state index in [2.05, 4.69) is 10.0 Å². The minimum atomic E-state index is -3.85. The Morgan fingerprint density at radius 1 is 0.730 bits per heavy atom. The van der Waals surface area contributed by atoms with E-state index < -0.39 is 26.1 Å². The summed E-state index contributed by atoms with van der Waals surface area (Å²) in [6.07, 6.45) is 0. The Hall–Kier alpha value is -3.93. The van der Waals surface area contributed by atoms with Crippen LogP contribution in [-0.2, 0) is 20.2 Å². The Morgan fingerprint density at radius 3 is 2.00 bits per heavy atom. The van der Waals surface area contributed by atoms with Gasteiger partial charge < -0.3 is 5.32 Å². The Labute approximate surface area is 216 Å². The maximum absolute atomic E-state index is 13.0. The number of carbonyl (C=O) groups is 1. The number of anilines is 3. The van der Waals surface area contributed by atoms with Crippen molar-refractivity contribution < 1.29 is 21.6 Å². The third-order valence-corrected chi connectivity index (χ3v) is 8.96. The molecule has 0 spiro atoms. The highest BCUT2D eigenvalue weighted by Crippen LogP contribution is 2.26. The van der Waals surface area contributed by atoms with Crippen LogP contribution in [0.1, 0.15) is 10.4 Å². The van der Waals surface area contributed by atoms with Crippen LogP contribution in [0.5, 0.6) is 0 Å². The molecular formula is C26H26N4O5S2. The summed E-state index contributed by atoms with van der Waals surface area (Å²) in [5.41, 5.74) is 1.60. The molecule has 0 radical (unpaired) electrons. The molecule has 4 rings (SSSR count). The molecule has 0 bridgehead atoms. The summed E-state index contributed by atoms with van der Waals surface area (Å²) < 4.78 is 55.3. The monoisotopic (exact) mass is 538 g/mol. The molecule has 4 aromatic carbocycles. The fourth-order valence-electron chi connectivity index (χ4n) is 3.64. The number of sulfonamides is 1. The summed E-state index contributed by atoms with van der Waals surface area (Å²) in [5.74, 6) is -0.422. The van der Waals surface area contributed by atoms with Gasteiger partial charge in [-0.2, -0.15) is 12.7 Å². The van der Waals surface area contributed by atoms with Gasteiger partial charge in [0, 0.05) is 37.8 Å². The zero-order chi connectivity index (χ0) is 26.8. The molecule has 0 heterocycles. The molecule has 2 N–H and O–H groups in total. The van der Waals surface area contributed by atoms with Gasteiger partial charge in [-0.05, 0) is 60.0 Å². The van der Waals surface area contributed by atoms with Crippen LogP contribution in [0, 0.1) is 0 Å². The molecule has 0 fully saturated rings. The smallest absolute Gasteiger partial charge is 0.303 e. The largest absolute Gasteiger partial charge is 0.322 e. The van der Waals surface area contributed by atoms with Gasteiger partial charge >= 0.3 is 10.2 Å². The van der Waals surface area contributed by atoms with Crippen molar-refractivity contribution in [2.45, 2.75) is 4.90 Å². The number of hydrogen-bond acceptors (Lipinski definition) is 5. The number of hydrogen-bond donors (Lipinski definition) is 2. The van der Waals surface area contributed by atoms with Crippen LogP contribution in [0.15, 0.2) is 95.9 Å². The maximum Gasteiger partial charge on any atom is 0.303 e. The van der Waals surface area contributed by atoms with Crippen LogP contribution in [0.2, 0.25) is 0 Å². The molecule has 0 unspecified atom stereocenters. The molecule has 0 aliphatic heterocycles. The average Bonchev–Trinajstić information content (AvgIpc) is 2.88. The summed E-state index contributed by atoms with van der Waals surface area (Å²) >= 11 is 0. The summed E-state index contributed by atoms with van der Waals surface area (Å²) in [6, 6.07) is 24.8. The highest BCUT2D eigenvalue weighted by Gasteiger charge is 2.21. The van der Waals surface area contributed by atoms with Crippen molar-refractivity contribution in [2.24, 2.45) is 0 Å². The number of carbonyl (C=O) groups excluding carboxylic acids is 1. The number of nitrogens with zero attached hydrogens (tertiary/aromatic N) is 2. The van der Waals surface area contributed by atoms with Crippen LogP contribution < -0.4 is 14.3 Å². The molecule has 0 saturated carbocycles. The van der Waals surface area contributed by atoms with E-state index in [4.69, 9.17) is 0 Å². The molecule has 9 nitrogen and oxygen atoms in total. The molecule has 0 atom stereocenters. The van der Waals surface area contributed by atoms with Gasteiger partial charge in [-0.25, -0.2) is 8.42 Å². The lowest BCUT2D eigenvalue weighted by Crippen LogP contribution is -2.37. The lowest BCUT2D eigenvalue weighted by molar-refractivity contribution is 0.102. The van der Waals surface area contributed by atoms with Gasteiger partial charge in [0.1, 0.15) is 0 Å². The van der Waals surface area contributed by atoms with E-state index in [1.165, 1.54) is 69.7 Å². The number of amides is 1. The van der Waals surface area contributed by atoms with Gasteiger partial charge in [0.05, 0.1) is 16.3 Å². The Bertz CT molecular complexity index is 1650. The normalized spacial score (nSPS) is 11.9. The molecule has 37 heavy (non-hydrogen) atoms. The summed E-state index contributed by atoms with van der Waals surface area (Å²) in [6.45, 7) is 0. The Morgan fingerprint density at radius 2 is 1.35 bits per heavy atom.